The van der Waals surface area contributed by atoms with Crippen LogP contribution in [0, 0.1) is 0 Å². The van der Waals surface area contributed by atoms with E-state index in [0.717, 1.165) is 6.07 Å². The Balaban J connectivity index is 2.81. The van der Waals surface area contributed by atoms with Gasteiger partial charge in [0.15, 0.2) is 0 Å². The van der Waals surface area contributed by atoms with Crippen LogP contribution in [0.25, 0.3) is 0 Å². The molecule has 1 aromatic rings. The Labute approximate surface area is 99.6 Å². The Kier molecular flexibility index (Phi) is 4.07. The van der Waals surface area contributed by atoms with Crippen molar-refractivity contribution in [1.29, 1.82) is 0 Å². The fraction of sp³-hybridized carbons (Fsp3) is 0.500. The van der Waals surface area contributed by atoms with Crippen LogP contribution in [0.3, 0.4) is 0 Å². The van der Waals surface area contributed by atoms with Gasteiger partial charge in [-0.1, -0.05) is 0 Å². The molecule has 1 rings (SSSR count). The van der Waals surface area contributed by atoms with Gasteiger partial charge in [-0.15, -0.1) is 0 Å². The summed E-state index contributed by atoms with van der Waals surface area (Å²) < 4.78 is 6.73. The van der Waals surface area contributed by atoms with Gasteiger partial charge < -0.3 is 14.4 Å². The van der Waals surface area contributed by atoms with Crippen LogP contribution in [0.1, 0.15) is 30.6 Å². The fourth-order valence-corrected chi connectivity index (χ4v) is 1.32. The van der Waals surface area contributed by atoms with Crippen molar-refractivity contribution in [2.24, 2.45) is 0 Å². The monoisotopic (exact) mass is 239 g/mol. The number of aromatic nitrogens is 1. The lowest BCUT2D eigenvalue weighted by atomic mass is 10.1. The quantitative estimate of drug-likeness (QED) is 0.842. The summed E-state index contributed by atoms with van der Waals surface area (Å²) in [6, 6.07) is 2.55. The molecule has 0 aromatic carbocycles. The summed E-state index contributed by atoms with van der Waals surface area (Å²) in [5, 5.41) is 8.73. The summed E-state index contributed by atoms with van der Waals surface area (Å²) in [6.45, 7) is 4.37. The van der Waals surface area contributed by atoms with E-state index in [9.17, 15) is 9.59 Å². The van der Waals surface area contributed by atoms with Crippen molar-refractivity contribution < 1.29 is 14.6 Å². The highest BCUT2D eigenvalue weighted by Crippen LogP contribution is 2.13. The molecule has 1 N–H and O–H groups in total. The Morgan fingerprint density at radius 3 is 2.65 bits per heavy atom. The van der Waals surface area contributed by atoms with Crippen molar-refractivity contribution in [2.45, 2.75) is 32.4 Å². The largest absolute Gasteiger partial charge is 0.478 e. The normalized spacial score (nSPS) is 11.5. The molecule has 94 valence electrons. The van der Waals surface area contributed by atoms with E-state index in [-0.39, 0.29) is 16.7 Å². The highest BCUT2D eigenvalue weighted by atomic mass is 16.5. The number of methoxy groups -OCH3 is 1. The van der Waals surface area contributed by atoms with E-state index in [0.29, 0.717) is 13.0 Å². The number of ether oxygens (including phenoxy) is 1. The van der Waals surface area contributed by atoms with Crippen molar-refractivity contribution in [1.82, 2.24) is 4.57 Å². The first-order chi connectivity index (χ1) is 7.85. The molecule has 0 amide bonds. The van der Waals surface area contributed by atoms with Gasteiger partial charge in [-0.25, -0.2) is 4.79 Å². The van der Waals surface area contributed by atoms with Gasteiger partial charge in [-0.2, -0.15) is 0 Å². The van der Waals surface area contributed by atoms with E-state index in [4.69, 9.17) is 9.84 Å². The average Bonchev–Trinajstić information content (AvgIpc) is 2.27. The van der Waals surface area contributed by atoms with Gasteiger partial charge in [-0.3, -0.25) is 4.79 Å². The van der Waals surface area contributed by atoms with Crippen LogP contribution < -0.4 is 5.56 Å². The number of hydrogen-bond acceptors (Lipinski definition) is 3. The summed E-state index contributed by atoms with van der Waals surface area (Å²) in [4.78, 5) is 22.3. The topological polar surface area (TPSA) is 68.5 Å². The Morgan fingerprint density at radius 1 is 1.53 bits per heavy atom. The van der Waals surface area contributed by atoms with E-state index in [1.54, 1.807) is 7.11 Å². The average molecular weight is 239 g/mol. The molecule has 0 saturated carbocycles. The van der Waals surface area contributed by atoms with Gasteiger partial charge in [0.25, 0.3) is 5.56 Å². The Hall–Kier alpha value is -1.62. The zero-order valence-electron chi connectivity index (χ0n) is 10.3. The minimum absolute atomic E-state index is 0.0113. The Bertz CT molecular complexity index is 462. The summed E-state index contributed by atoms with van der Waals surface area (Å²) >= 11 is 0. The zero-order chi connectivity index (χ0) is 13.1. The number of carboxylic acids is 1. The van der Waals surface area contributed by atoms with Gasteiger partial charge in [0.05, 0.1) is 11.2 Å². The molecule has 0 aliphatic carbocycles. The molecule has 0 saturated heterocycles. The Morgan fingerprint density at radius 2 is 2.18 bits per heavy atom. The van der Waals surface area contributed by atoms with Crippen LogP contribution in [0.2, 0.25) is 0 Å². The minimum Gasteiger partial charge on any atom is -0.478 e. The maximum Gasteiger partial charge on any atom is 0.335 e. The molecule has 0 atom stereocenters. The van der Waals surface area contributed by atoms with E-state index < -0.39 is 5.97 Å². The maximum absolute atomic E-state index is 11.6. The van der Waals surface area contributed by atoms with Gasteiger partial charge in [0.1, 0.15) is 0 Å². The number of rotatable bonds is 5. The number of aryl methyl sites for hydroxylation is 1. The number of carboxylic acid groups (broad SMARTS) is 1. The van der Waals surface area contributed by atoms with Crippen LogP contribution >= 0.6 is 0 Å². The number of aromatic carboxylic acids is 1. The van der Waals surface area contributed by atoms with Crippen LogP contribution in [-0.4, -0.2) is 28.4 Å². The zero-order valence-corrected chi connectivity index (χ0v) is 10.3. The molecule has 17 heavy (non-hydrogen) atoms. The number of carbonyl (C=O) groups is 1. The smallest absolute Gasteiger partial charge is 0.335 e. The fourth-order valence-electron chi connectivity index (χ4n) is 1.32. The first-order valence-corrected chi connectivity index (χ1v) is 5.35. The van der Waals surface area contributed by atoms with Crippen molar-refractivity contribution in [3.8, 4) is 0 Å². The molecular formula is C12H17NO4. The predicted octanol–water partition coefficient (Wildman–Crippen LogP) is 1.36. The molecule has 0 bridgehead atoms. The van der Waals surface area contributed by atoms with Crippen molar-refractivity contribution in [3.63, 3.8) is 0 Å². The molecule has 1 aromatic heterocycles. The molecule has 5 heteroatoms. The van der Waals surface area contributed by atoms with E-state index in [2.05, 4.69) is 0 Å². The molecule has 0 unspecified atom stereocenters. The third-order valence-corrected chi connectivity index (χ3v) is 2.75. The summed E-state index contributed by atoms with van der Waals surface area (Å²) in [6.07, 6.45) is 2.17. The third-order valence-electron chi connectivity index (χ3n) is 2.75. The second-order valence-electron chi connectivity index (χ2n) is 4.47. The first kappa shape index (κ1) is 13.4. The molecule has 1 heterocycles. The minimum atomic E-state index is -1.09. The van der Waals surface area contributed by atoms with Crippen LogP contribution in [0.4, 0.5) is 0 Å². The van der Waals surface area contributed by atoms with Gasteiger partial charge in [0, 0.05) is 25.9 Å². The van der Waals surface area contributed by atoms with Crippen LogP contribution in [0.5, 0.6) is 0 Å². The summed E-state index contributed by atoms with van der Waals surface area (Å²) in [7, 11) is 1.62. The van der Waals surface area contributed by atoms with Crippen molar-refractivity contribution in [3.05, 3.63) is 34.2 Å². The van der Waals surface area contributed by atoms with Crippen molar-refractivity contribution >= 4 is 5.97 Å². The molecule has 0 aliphatic heterocycles. The highest BCUT2D eigenvalue weighted by molar-refractivity contribution is 5.87. The SMILES string of the molecule is COC(C)(C)CCn1ccc(C(=O)O)cc1=O. The van der Waals surface area contributed by atoms with E-state index in [1.807, 2.05) is 13.8 Å². The molecule has 0 radical (unpaired) electrons. The lowest BCUT2D eigenvalue weighted by Crippen LogP contribution is -2.28. The van der Waals surface area contributed by atoms with Gasteiger partial charge >= 0.3 is 5.97 Å². The van der Waals surface area contributed by atoms with Crippen molar-refractivity contribution in [2.75, 3.05) is 7.11 Å². The molecule has 0 aliphatic rings. The molecule has 0 fully saturated rings. The summed E-state index contributed by atoms with van der Waals surface area (Å²) in [5.74, 6) is -1.09. The van der Waals surface area contributed by atoms with E-state index >= 15 is 0 Å². The lowest BCUT2D eigenvalue weighted by molar-refractivity contribution is 0.0118. The predicted molar refractivity (Wildman–Crippen MR) is 63.4 cm³/mol. The second-order valence-corrected chi connectivity index (χ2v) is 4.47. The maximum atomic E-state index is 11.6. The molecular weight excluding hydrogens is 222 g/mol. The molecule has 5 nitrogen and oxygen atoms in total. The highest BCUT2D eigenvalue weighted by Gasteiger charge is 2.16. The summed E-state index contributed by atoms with van der Waals surface area (Å²) in [5.41, 5.74) is -0.598. The standard InChI is InChI=1S/C12H17NO4/c1-12(2,17-3)5-7-13-6-4-9(11(15)16)8-10(13)14/h4,6,8H,5,7H2,1-3H3,(H,15,16). The first-order valence-electron chi connectivity index (χ1n) is 5.35. The van der Waals surface area contributed by atoms with Crippen LogP contribution in [0.15, 0.2) is 23.1 Å². The van der Waals surface area contributed by atoms with E-state index in [1.165, 1.54) is 16.8 Å². The third kappa shape index (κ3) is 3.71. The van der Waals surface area contributed by atoms with Gasteiger partial charge in [-0.05, 0) is 26.3 Å². The second kappa shape index (κ2) is 5.14. The number of hydrogen-bond donors (Lipinski definition) is 1. The number of nitrogens with zero attached hydrogens (tertiary/aromatic N) is 1. The van der Waals surface area contributed by atoms with Crippen LogP contribution in [-0.2, 0) is 11.3 Å². The molecule has 0 spiro atoms. The lowest BCUT2D eigenvalue weighted by Gasteiger charge is -2.23. The van der Waals surface area contributed by atoms with Gasteiger partial charge in [0.2, 0.25) is 0 Å². The number of pyridine rings is 1.